The first-order chi connectivity index (χ1) is 15.7. The van der Waals surface area contributed by atoms with E-state index in [1.54, 1.807) is 6.33 Å². The van der Waals surface area contributed by atoms with Crippen LogP contribution in [0, 0.1) is 0 Å². The number of fused-ring (bicyclic) bond motifs is 2. The fourth-order valence-electron chi connectivity index (χ4n) is 3.28. The average Bonchev–Trinajstić information content (AvgIpc) is 3.39. The molecule has 0 aliphatic carbocycles. The average molecular weight is 480 g/mol. The molecule has 0 saturated carbocycles. The van der Waals surface area contributed by atoms with Gasteiger partial charge in [0.25, 0.3) is 0 Å². The number of hydrogen-bond donors (Lipinski definition) is 5. The van der Waals surface area contributed by atoms with Gasteiger partial charge in [-0.15, -0.1) is 0 Å². The van der Waals surface area contributed by atoms with E-state index in [9.17, 15) is 13.2 Å². The summed E-state index contributed by atoms with van der Waals surface area (Å²) in [7, 11) is 0. The number of halogens is 4. The molecule has 1 aromatic carbocycles. The zero-order valence-electron chi connectivity index (χ0n) is 16.8. The highest BCUT2D eigenvalue weighted by Gasteiger charge is 2.38. The summed E-state index contributed by atoms with van der Waals surface area (Å²) in [6.07, 6.45) is -0.312. The maximum absolute atomic E-state index is 10.6. The van der Waals surface area contributed by atoms with Crippen molar-refractivity contribution in [2.24, 2.45) is 0 Å². The third-order valence-corrected chi connectivity index (χ3v) is 5.15. The molecule has 4 aromatic rings. The summed E-state index contributed by atoms with van der Waals surface area (Å²) in [6, 6.07) is 7.97. The Kier molecular flexibility index (Phi) is 6.20. The number of carbonyl (C=O) groups is 1. The van der Waals surface area contributed by atoms with E-state index in [-0.39, 0.29) is 0 Å². The van der Waals surface area contributed by atoms with Crippen LogP contribution in [0.15, 0.2) is 36.7 Å². The second-order valence-corrected chi connectivity index (χ2v) is 7.41. The van der Waals surface area contributed by atoms with Crippen LogP contribution in [-0.2, 0) is 4.79 Å². The Bertz CT molecular complexity index is 1350. The molecular weight excluding hydrogens is 463 g/mol. The van der Waals surface area contributed by atoms with Crippen molar-refractivity contribution >= 4 is 56.6 Å². The number of carboxylic acids is 1. The van der Waals surface area contributed by atoms with Crippen LogP contribution in [-0.4, -0.2) is 55.5 Å². The van der Waals surface area contributed by atoms with Gasteiger partial charge in [-0.2, -0.15) is 18.3 Å². The minimum atomic E-state index is -5.08. The first kappa shape index (κ1) is 22.6. The van der Waals surface area contributed by atoms with Gasteiger partial charge in [-0.25, -0.2) is 14.8 Å². The molecule has 0 amide bonds. The number of nitrogens with zero attached hydrogens (tertiary/aromatic N) is 3. The molecule has 0 radical (unpaired) electrons. The summed E-state index contributed by atoms with van der Waals surface area (Å²) in [5.74, 6) is -2.00. The van der Waals surface area contributed by atoms with Crippen molar-refractivity contribution in [3.63, 3.8) is 0 Å². The lowest BCUT2D eigenvalue weighted by atomic mass is 10.1. The summed E-state index contributed by atoms with van der Waals surface area (Å²) in [5, 5.41) is 23.0. The van der Waals surface area contributed by atoms with Crippen LogP contribution in [0.2, 0.25) is 5.15 Å². The van der Waals surface area contributed by atoms with Crippen LogP contribution < -0.4 is 10.6 Å². The molecule has 33 heavy (non-hydrogen) atoms. The van der Waals surface area contributed by atoms with E-state index in [0.717, 1.165) is 58.6 Å². The molecule has 0 atom stereocenters. The molecule has 5 rings (SSSR count). The van der Waals surface area contributed by atoms with E-state index >= 15 is 0 Å². The minimum Gasteiger partial charge on any atom is -0.475 e. The van der Waals surface area contributed by atoms with Gasteiger partial charge in [0.2, 0.25) is 0 Å². The van der Waals surface area contributed by atoms with Gasteiger partial charge < -0.3 is 20.7 Å². The standard InChI is InChI=1S/C18H16ClN7.C2HF3O2/c19-16-12-7-11(1-2-14(12)25-26-16)23-17-13-8-15(10-3-5-20-6-4-10)24-18(13)22-9-21-17;3-2(4,5)1(6)7/h1-3,7-9,20H,4-6H2,(H,25,26)(H2,21,22,23,24);(H,6,7). The lowest BCUT2D eigenvalue weighted by Gasteiger charge is -2.12. The number of alkyl halides is 3. The summed E-state index contributed by atoms with van der Waals surface area (Å²) in [5.41, 5.74) is 5.01. The van der Waals surface area contributed by atoms with Crippen LogP contribution in [0.25, 0.3) is 27.5 Å². The van der Waals surface area contributed by atoms with Crippen molar-refractivity contribution in [3.05, 3.63) is 47.5 Å². The molecule has 0 saturated heterocycles. The summed E-state index contributed by atoms with van der Waals surface area (Å²) in [4.78, 5) is 21.1. The van der Waals surface area contributed by atoms with Crippen molar-refractivity contribution in [1.82, 2.24) is 30.5 Å². The number of nitrogens with one attached hydrogen (secondary N) is 4. The number of carboxylic acid groups (broad SMARTS) is 1. The second kappa shape index (κ2) is 9.08. The Balaban J connectivity index is 0.000000325. The molecule has 4 heterocycles. The third-order valence-electron chi connectivity index (χ3n) is 4.86. The molecular formula is C20H17ClF3N7O2. The van der Waals surface area contributed by atoms with Gasteiger partial charge in [0.1, 0.15) is 17.8 Å². The zero-order chi connectivity index (χ0) is 23.6. The number of benzene rings is 1. The van der Waals surface area contributed by atoms with Gasteiger partial charge >= 0.3 is 12.1 Å². The number of rotatable bonds is 3. The predicted molar refractivity (Wildman–Crippen MR) is 117 cm³/mol. The smallest absolute Gasteiger partial charge is 0.475 e. The van der Waals surface area contributed by atoms with Crippen LogP contribution in [0.5, 0.6) is 0 Å². The SMILES string of the molecule is Clc1n[nH]c2ccc(Nc3ncnc4[nH]c(C5=CCNCC5)cc34)cc12.O=C(O)C(F)(F)F. The highest BCUT2D eigenvalue weighted by Crippen LogP contribution is 2.30. The Morgan fingerprint density at radius 2 is 1.97 bits per heavy atom. The minimum absolute atomic E-state index is 0.457. The van der Waals surface area contributed by atoms with Gasteiger partial charge in [-0.05, 0) is 42.8 Å². The van der Waals surface area contributed by atoms with E-state index < -0.39 is 12.1 Å². The molecule has 9 nitrogen and oxygen atoms in total. The van der Waals surface area contributed by atoms with Gasteiger partial charge in [0.05, 0.1) is 10.9 Å². The van der Waals surface area contributed by atoms with E-state index in [2.05, 4.69) is 47.9 Å². The van der Waals surface area contributed by atoms with E-state index in [1.807, 2.05) is 18.2 Å². The molecule has 0 spiro atoms. The van der Waals surface area contributed by atoms with Crippen molar-refractivity contribution in [2.75, 3.05) is 18.4 Å². The molecule has 5 N–H and O–H groups in total. The Hall–Kier alpha value is -3.64. The largest absolute Gasteiger partial charge is 0.490 e. The third kappa shape index (κ3) is 5.07. The van der Waals surface area contributed by atoms with Crippen molar-refractivity contribution < 1.29 is 23.1 Å². The second-order valence-electron chi connectivity index (χ2n) is 7.05. The molecule has 1 aliphatic heterocycles. The van der Waals surface area contributed by atoms with Gasteiger partial charge in [-0.1, -0.05) is 17.7 Å². The molecule has 13 heteroatoms. The number of anilines is 2. The van der Waals surface area contributed by atoms with Crippen molar-refractivity contribution in [3.8, 4) is 0 Å². The Morgan fingerprint density at radius 1 is 1.18 bits per heavy atom. The number of aromatic nitrogens is 5. The number of H-pyrrole nitrogens is 2. The Morgan fingerprint density at radius 3 is 2.67 bits per heavy atom. The van der Waals surface area contributed by atoms with Gasteiger partial charge in [0, 0.05) is 23.3 Å². The van der Waals surface area contributed by atoms with Crippen LogP contribution in [0.1, 0.15) is 12.1 Å². The Labute approximate surface area is 189 Å². The van der Waals surface area contributed by atoms with E-state index in [4.69, 9.17) is 21.5 Å². The highest BCUT2D eigenvalue weighted by molar-refractivity contribution is 6.34. The van der Waals surface area contributed by atoms with Crippen LogP contribution >= 0.6 is 11.6 Å². The summed E-state index contributed by atoms with van der Waals surface area (Å²) in [6.45, 7) is 1.89. The van der Waals surface area contributed by atoms with Crippen molar-refractivity contribution in [2.45, 2.75) is 12.6 Å². The fraction of sp³-hybridized carbons (Fsp3) is 0.200. The molecule has 1 aliphatic rings. The lowest BCUT2D eigenvalue weighted by Crippen LogP contribution is -2.21. The maximum Gasteiger partial charge on any atom is 0.490 e. The topological polar surface area (TPSA) is 132 Å². The molecule has 0 fully saturated rings. The molecule has 0 unspecified atom stereocenters. The normalized spacial score (nSPS) is 14.0. The quantitative estimate of drug-likeness (QED) is 0.297. The zero-order valence-corrected chi connectivity index (χ0v) is 17.6. The van der Waals surface area contributed by atoms with Gasteiger partial charge in [0.15, 0.2) is 5.15 Å². The first-order valence-electron chi connectivity index (χ1n) is 9.67. The van der Waals surface area contributed by atoms with Crippen LogP contribution in [0.3, 0.4) is 0 Å². The van der Waals surface area contributed by atoms with Crippen molar-refractivity contribution in [1.29, 1.82) is 0 Å². The van der Waals surface area contributed by atoms with Crippen LogP contribution in [0.4, 0.5) is 24.7 Å². The number of aliphatic carboxylic acids is 1. The summed E-state index contributed by atoms with van der Waals surface area (Å²) < 4.78 is 31.7. The lowest BCUT2D eigenvalue weighted by molar-refractivity contribution is -0.192. The molecule has 0 bridgehead atoms. The molecule has 3 aromatic heterocycles. The van der Waals surface area contributed by atoms with Gasteiger partial charge in [-0.3, -0.25) is 5.10 Å². The summed E-state index contributed by atoms with van der Waals surface area (Å²) >= 11 is 6.12. The fourth-order valence-corrected chi connectivity index (χ4v) is 3.47. The maximum atomic E-state index is 10.6. The van der Waals surface area contributed by atoms with E-state index in [0.29, 0.717) is 5.15 Å². The molecule has 172 valence electrons. The monoisotopic (exact) mass is 479 g/mol. The highest BCUT2D eigenvalue weighted by atomic mass is 35.5. The predicted octanol–water partition coefficient (Wildman–Crippen LogP) is 4.24. The number of aromatic amines is 2. The van der Waals surface area contributed by atoms with E-state index in [1.165, 1.54) is 5.57 Å². The number of hydrogen-bond acceptors (Lipinski definition) is 6. The first-order valence-corrected chi connectivity index (χ1v) is 10.0.